The number of ketones is 1. The lowest BCUT2D eigenvalue weighted by Gasteiger charge is -2.29. The van der Waals surface area contributed by atoms with Gasteiger partial charge >= 0.3 is 0 Å². The Bertz CT molecular complexity index is 1020. The Kier molecular flexibility index (Phi) is 8.23. The number of carbonyl (C=O) groups excluding carboxylic acids is 2. The van der Waals surface area contributed by atoms with Crippen LogP contribution in [0.5, 0.6) is 0 Å². The van der Waals surface area contributed by atoms with E-state index in [9.17, 15) is 14.7 Å². The first-order valence-corrected chi connectivity index (χ1v) is 11.7. The van der Waals surface area contributed by atoms with Crippen molar-refractivity contribution in [1.29, 1.82) is 0 Å². The molecular formula is C28H34N2O3. The Balaban J connectivity index is 1.96. The molecule has 0 bridgehead atoms. The van der Waals surface area contributed by atoms with Crippen molar-refractivity contribution in [3.8, 4) is 0 Å². The average Bonchev–Trinajstić information content (AvgIpc) is 3.09. The molecule has 0 aliphatic carbocycles. The summed E-state index contributed by atoms with van der Waals surface area (Å²) in [5.41, 5.74) is 3.03. The minimum atomic E-state index is -0.609. The lowest BCUT2D eigenvalue weighted by molar-refractivity contribution is -0.129. The van der Waals surface area contributed by atoms with Gasteiger partial charge in [0.05, 0.1) is 11.6 Å². The van der Waals surface area contributed by atoms with Crippen molar-refractivity contribution in [1.82, 2.24) is 9.80 Å². The van der Waals surface area contributed by atoms with Gasteiger partial charge in [-0.05, 0) is 41.8 Å². The maximum Gasteiger partial charge on any atom is 0.290 e. The van der Waals surface area contributed by atoms with Crippen LogP contribution < -0.4 is 0 Å². The van der Waals surface area contributed by atoms with Crippen LogP contribution in [-0.4, -0.2) is 52.8 Å². The highest BCUT2D eigenvalue weighted by molar-refractivity contribution is 6.14. The number of aliphatic hydroxyl groups excluding tert-OH is 1. The largest absolute Gasteiger partial charge is 0.503 e. The smallest absolute Gasteiger partial charge is 0.290 e. The second kappa shape index (κ2) is 11.1. The normalized spacial score (nSPS) is 16.6. The predicted molar refractivity (Wildman–Crippen MR) is 133 cm³/mol. The highest BCUT2D eigenvalue weighted by atomic mass is 16.3. The number of nitrogens with zero attached hydrogens (tertiary/aromatic N) is 2. The lowest BCUT2D eigenvalue weighted by Crippen LogP contribution is -2.38. The quantitative estimate of drug-likeness (QED) is 0.514. The first-order valence-electron chi connectivity index (χ1n) is 11.7. The molecular weight excluding hydrogens is 412 g/mol. The molecule has 174 valence electrons. The predicted octanol–water partition coefficient (Wildman–Crippen LogP) is 5.13. The van der Waals surface area contributed by atoms with E-state index in [4.69, 9.17) is 0 Å². The van der Waals surface area contributed by atoms with Gasteiger partial charge in [-0.1, -0.05) is 88.4 Å². The van der Waals surface area contributed by atoms with E-state index in [-0.39, 0.29) is 11.4 Å². The second-order valence-corrected chi connectivity index (χ2v) is 8.62. The summed E-state index contributed by atoms with van der Waals surface area (Å²) in [6, 6.07) is 16.9. The molecule has 1 amide bonds. The first-order chi connectivity index (χ1) is 15.9. The van der Waals surface area contributed by atoms with E-state index in [0.717, 1.165) is 24.2 Å². The number of hydrogen-bond acceptors (Lipinski definition) is 4. The zero-order valence-electron chi connectivity index (χ0n) is 20.0. The summed E-state index contributed by atoms with van der Waals surface area (Å²) in [6.45, 7) is 11.3. The Morgan fingerprint density at radius 3 is 2.27 bits per heavy atom. The van der Waals surface area contributed by atoms with E-state index in [2.05, 4.69) is 32.6 Å². The number of carbonyl (C=O) groups is 2. The summed E-state index contributed by atoms with van der Waals surface area (Å²) < 4.78 is 0. The van der Waals surface area contributed by atoms with Crippen LogP contribution >= 0.6 is 0 Å². The average molecular weight is 447 g/mol. The second-order valence-electron chi connectivity index (χ2n) is 8.62. The molecule has 1 N–H and O–H groups in total. The summed E-state index contributed by atoms with van der Waals surface area (Å²) in [6.07, 6.45) is 3.15. The molecule has 5 nitrogen and oxygen atoms in total. The maximum absolute atomic E-state index is 13.2. The van der Waals surface area contributed by atoms with Crippen molar-refractivity contribution in [3.63, 3.8) is 0 Å². The highest BCUT2D eigenvalue weighted by Gasteiger charge is 2.42. The van der Waals surface area contributed by atoms with Crippen LogP contribution in [0.2, 0.25) is 0 Å². The highest BCUT2D eigenvalue weighted by Crippen LogP contribution is 2.38. The minimum Gasteiger partial charge on any atom is -0.503 e. The molecule has 1 atom stereocenters. The molecule has 0 spiro atoms. The maximum atomic E-state index is 13.2. The Morgan fingerprint density at radius 2 is 1.70 bits per heavy atom. The van der Waals surface area contributed by atoms with Gasteiger partial charge in [0.25, 0.3) is 5.91 Å². The van der Waals surface area contributed by atoms with Gasteiger partial charge in [-0.25, -0.2) is 0 Å². The first kappa shape index (κ1) is 24.5. The number of rotatable bonds is 10. The van der Waals surface area contributed by atoms with Crippen molar-refractivity contribution in [2.24, 2.45) is 0 Å². The molecule has 2 aromatic rings. The van der Waals surface area contributed by atoms with E-state index >= 15 is 0 Å². The van der Waals surface area contributed by atoms with Crippen molar-refractivity contribution < 1.29 is 14.7 Å². The van der Waals surface area contributed by atoms with E-state index < -0.39 is 17.7 Å². The van der Waals surface area contributed by atoms with Crippen molar-refractivity contribution in [2.75, 3.05) is 26.2 Å². The molecule has 1 heterocycles. The number of hydrogen-bond donors (Lipinski definition) is 1. The third-order valence-electron chi connectivity index (χ3n) is 6.27. The summed E-state index contributed by atoms with van der Waals surface area (Å²) in [5, 5.41) is 10.8. The number of amides is 1. The summed E-state index contributed by atoms with van der Waals surface area (Å²) in [7, 11) is 0. The Hall–Kier alpha value is -3.18. The van der Waals surface area contributed by atoms with Gasteiger partial charge in [0.2, 0.25) is 0 Å². The zero-order valence-corrected chi connectivity index (χ0v) is 20.0. The van der Waals surface area contributed by atoms with Gasteiger partial charge in [-0.15, -0.1) is 0 Å². The molecule has 0 saturated carbocycles. The number of likely N-dealkylation sites (N-methyl/N-ethyl adjacent to an activating group) is 1. The SMILES string of the molecule is CCN(CC)CCN1C(=O)C(O)=C(C(=O)/C=C/c2ccccc2)C1c1ccc(C(C)C)cc1. The van der Waals surface area contributed by atoms with E-state index in [0.29, 0.717) is 19.0 Å². The molecule has 1 aliphatic heterocycles. The van der Waals surface area contributed by atoms with E-state index in [1.807, 2.05) is 54.6 Å². The topological polar surface area (TPSA) is 60.9 Å². The van der Waals surface area contributed by atoms with Crippen molar-refractivity contribution in [2.45, 2.75) is 39.7 Å². The van der Waals surface area contributed by atoms with Crippen LogP contribution in [-0.2, 0) is 9.59 Å². The molecule has 0 saturated heterocycles. The van der Waals surface area contributed by atoms with E-state index in [1.165, 1.54) is 11.6 Å². The van der Waals surface area contributed by atoms with Crippen LogP contribution in [0, 0.1) is 0 Å². The number of benzene rings is 2. The van der Waals surface area contributed by atoms with Crippen molar-refractivity contribution >= 4 is 17.8 Å². The lowest BCUT2D eigenvalue weighted by atomic mass is 9.93. The van der Waals surface area contributed by atoms with Gasteiger partial charge in [0.15, 0.2) is 11.5 Å². The number of allylic oxidation sites excluding steroid dienone is 1. The zero-order chi connectivity index (χ0) is 24.0. The van der Waals surface area contributed by atoms with Gasteiger partial charge in [-0.3, -0.25) is 9.59 Å². The van der Waals surface area contributed by atoms with Gasteiger partial charge < -0.3 is 14.9 Å². The van der Waals surface area contributed by atoms with Crippen LogP contribution in [0.15, 0.2) is 72.0 Å². The Labute approximate surface area is 197 Å². The fourth-order valence-electron chi connectivity index (χ4n) is 4.16. The van der Waals surface area contributed by atoms with Crippen molar-refractivity contribution in [3.05, 3.63) is 88.7 Å². The Morgan fingerprint density at radius 1 is 1.06 bits per heavy atom. The van der Waals surface area contributed by atoms with Crippen LogP contribution in [0.1, 0.15) is 56.3 Å². The molecule has 0 fully saturated rings. The van der Waals surface area contributed by atoms with Crippen LogP contribution in [0.25, 0.3) is 6.08 Å². The monoisotopic (exact) mass is 446 g/mol. The van der Waals surface area contributed by atoms with E-state index in [1.54, 1.807) is 11.0 Å². The third kappa shape index (κ3) is 5.60. The number of aliphatic hydroxyl groups is 1. The van der Waals surface area contributed by atoms with Gasteiger partial charge in [0, 0.05) is 13.1 Å². The molecule has 33 heavy (non-hydrogen) atoms. The summed E-state index contributed by atoms with van der Waals surface area (Å²) >= 11 is 0. The van der Waals surface area contributed by atoms with Gasteiger partial charge in [0.1, 0.15) is 0 Å². The summed E-state index contributed by atoms with van der Waals surface area (Å²) in [5.74, 6) is -0.915. The fraction of sp³-hybridized carbons (Fsp3) is 0.357. The molecule has 0 radical (unpaired) electrons. The minimum absolute atomic E-state index is 0.143. The van der Waals surface area contributed by atoms with Crippen LogP contribution in [0.3, 0.4) is 0 Å². The molecule has 3 rings (SSSR count). The molecule has 5 heteroatoms. The third-order valence-corrected chi connectivity index (χ3v) is 6.27. The molecule has 1 unspecified atom stereocenters. The fourth-order valence-corrected chi connectivity index (χ4v) is 4.16. The molecule has 1 aliphatic rings. The summed E-state index contributed by atoms with van der Waals surface area (Å²) in [4.78, 5) is 30.1. The standard InChI is InChI=1S/C28H34N2O3/c1-5-29(6-2)18-19-30-26(23-15-13-22(14-16-23)20(3)4)25(27(32)28(30)33)24(31)17-12-21-10-8-7-9-11-21/h7-17,20,26,32H,5-6,18-19H2,1-4H3/b17-12+. The molecule has 2 aromatic carbocycles. The molecule has 0 aromatic heterocycles. The van der Waals surface area contributed by atoms with Gasteiger partial charge in [-0.2, -0.15) is 0 Å². The van der Waals surface area contributed by atoms with Crippen LogP contribution in [0.4, 0.5) is 0 Å².